The number of urea groups is 1. The molecule has 1 aromatic heterocycles. The number of alkyl halides is 3. The van der Waals surface area contributed by atoms with Crippen LogP contribution in [0.25, 0.3) is 5.69 Å². The van der Waals surface area contributed by atoms with Gasteiger partial charge in [-0.15, -0.1) is 0 Å². The zero-order chi connectivity index (χ0) is 23.1. The van der Waals surface area contributed by atoms with Crippen LogP contribution in [0.1, 0.15) is 29.7 Å². The van der Waals surface area contributed by atoms with Crippen LogP contribution in [-0.2, 0) is 17.9 Å². The number of hydrogen-bond acceptors (Lipinski definition) is 4. The Bertz CT molecular complexity index is 990. The van der Waals surface area contributed by atoms with Crippen molar-refractivity contribution in [2.24, 2.45) is 0 Å². The lowest BCUT2D eigenvalue weighted by atomic mass is 10.1. The standard InChI is InChI=1S/C22H24F3N5O2/c1-16(19-7-9-20(10-8-19)30-15-26-14-28-30)29(2)21(31)27-11-17-3-5-18(6-4-17)12-32-13-22(23,24)25/h3-10,14-16H,11-13H2,1-2H3,(H,27,31)/t16-/m0/s1. The van der Waals surface area contributed by atoms with Gasteiger partial charge in [-0.2, -0.15) is 18.3 Å². The van der Waals surface area contributed by atoms with Crippen LogP contribution in [-0.4, -0.2) is 45.5 Å². The molecule has 10 heteroatoms. The summed E-state index contributed by atoms with van der Waals surface area (Å²) in [6.07, 6.45) is -1.27. The number of halogens is 3. The highest BCUT2D eigenvalue weighted by atomic mass is 19.4. The van der Waals surface area contributed by atoms with Gasteiger partial charge in [0.2, 0.25) is 0 Å². The first-order valence-corrected chi connectivity index (χ1v) is 9.91. The van der Waals surface area contributed by atoms with Gasteiger partial charge in [-0.05, 0) is 35.7 Å². The van der Waals surface area contributed by atoms with Crippen molar-refractivity contribution in [3.8, 4) is 5.69 Å². The van der Waals surface area contributed by atoms with Gasteiger partial charge in [0.25, 0.3) is 0 Å². The Morgan fingerprint density at radius 2 is 1.78 bits per heavy atom. The third kappa shape index (κ3) is 6.55. The van der Waals surface area contributed by atoms with Gasteiger partial charge in [0, 0.05) is 13.6 Å². The number of carbonyl (C=O) groups is 1. The molecule has 0 aliphatic rings. The molecule has 0 fully saturated rings. The van der Waals surface area contributed by atoms with E-state index in [1.165, 1.54) is 6.33 Å². The van der Waals surface area contributed by atoms with E-state index in [2.05, 4.69) is 20.1 Å². The number of rotatable bonds is 8. The molecule has 2 amide bonds. The molecular formula is C22H24F3N5O2. The van der Waals surface area contributed by atoms with Crippen LogP contribution < -0.4 is 5.32 Å². The fraction of sp³-hybridized carbons (Fsp3) is 0.318. The second-order valence-electron chi connectivity index (χ2n) is 7.30. The Morgan fingerprint density at radius 3 is 2.38 bits per heavy atom. The van der Waals surface area contributed by atoms with Gasteiger partial charge in [0.05, 0.1) is 18.3 Å². The predicted molar refractivity (Wildman–Crippen MR) is 112 cm³/mol. The number of amides is 2. The number of hydrogen-bond donors (Lipinski definition) is 1. The summed E-state index contributed by atoms with van der Waals surface area (Å²) >= 11 is 0. The lowest BCUT2D eigenvalue weighted by molar-refractivity contribution is -0.176. The van der Waals surface area contributed by atoms with E-state index in [4.69, 9.17) is 0 Å². The molecule has 2 aromatic carbocycles. The number of aromatic nitrogens is 3. The number of nitrogens with one attached hydrogen (secondary N) is 1. The normalized spacial score (nSPS) is 12.4. The topological polar surface area (TPSA) is 72.3 Å². The van der Waals surface area contributed by atoms with Gasteiger partial charge in [-0.3, -0.25) is 0 Å². The molecule has 1 atom stereocenters. The van der Waals surface area contributed by atoms with Crippen LogP contribution in [0.4, 0.5) is 18.0 Å². The Labute approximate surface area is 183 Å². The van der Waals surface area contributed by atoms with Gasteiger partial charge in [-0.25, -0.2) is 14.5 Å². The molecule has 1 N–H and O–H groups in total. The Balaban J connectivity index is 1.48. The summed E-state index contributed by atoms with van der Waals surface area (Å²) in [6, 6.07) is 14.2. The van der Waals surface area contributed by atoms with E-state index in [0.29, 0.717) is 12.1 Å². The van der Waals surface area contributed by atoms with Crippen molar-refractivity contribution in [3.63, 3.8) is 0 Å². The first-order valence-electron chi connectivity index (χ1n) is 9.91. The number of carbonyl (C=O) groups excluding carboxylic acids is 1. The lowest BCUT2D eigenvalue weighted by Crippen LogP contribution is -2.38. The Morgan fingerprint density at radius 1 is 1.12 bits per heavy atom. The molecular weight excluding hydrogens is 423 g/mol. The quantitative estimate of drug-likeness (QED) is 0.561. The summed E-state index contributed by atoms with van der Waals surface area (Å²) in [7, 11) is 1.71. The fourth-order valence-electron chi connectivity index (χ4n) is 2.99. The van der Waals surface area contributed by atoms with Crippen LogP contribution in [0.5, 0.6) is 0 Å². The fourth-order valence-corrected chi connectivity index (χ4v) is 2.99. The molecule has 0 radical (unpaired) electrons. The minimum absolute atomic E-state index is 0.123. The summed E-state index contributed by atoms with van der Waals surface area (Å²) < 4.78 is 42.7. The van der Waals surface area contributed by atoms with Crippen molar-refractivity contribution in [1.29, 1.82) is 0 Å². The van der Waals surface area contributed by atoms with Gasteiger partial charge in [-0.1, -0.05) is 36.4 Å². The van der Waals surface area contributed by atoms with E-state index in [1.54, 1.807) is 47.2 Å². The van der Waals surface area contributed by atoms with Gasteiger partial charge < -0.3 is 15.0 Å². The average Bonchev–Trinajstić information content (AvgIpc) is 3.31. The van der Waals surface area contributed by atoms with Crippen LogP contribution in [0, 0.1) is 0 Å². The third-order valence-electron chi connectivity index (χ3n) is 4.96. The van der Waals surface area contributed by atoms with Crippen LogP contribution in [0.2, 0.25) is 0 Å². The zero-order valence-corrected chi connectivity index (χ0v) is 17.7. The molecule has 0 aliphatic carbocycles. The smallest absolute Gasteiger partial charge is 0.367 e. The molecule has 170 valence electrons. The van der Waals surface area contributed by atoms with Crippen molar-refractivity contribution in [1.82, 2.24) is 25.0 Å². The third-order valence-corrected chi connectivity index (χ3v) is 4.96. The van der Waals surface area contributed by atoms with Gasteiger partial charge >= 0.3 is 12.2 Å². The van der Waals surface area contributed by atoms with Crippen molar-refractivity contribution in [2.45, 2.75) is 32.3 Å². The summed E-state index contributed by atoms with van der Waals surface area (Å²) in [4.78, 5) is 18.1. The maximum atomic E-state index is 12.6. The van der Waals surface area contributed by atoms with Crippen LogP contribution in [0.15, 0.2) is 61.2 Å². The summed E-state index contributed by atoms with van der Waals surface area (Å²) in [5.41, 5.74) is 3.30. The summed E-state index contributed by atoms with van der Waals surface area (Å²) in [5, 5.41) is 6.94. The molecule has 0 aliphatic heterocycles. The van der Waals surface area contributed by atoms with Crippen molar-refractivity contribution >= 4 is 6.03 Å². The van der Waals surface area contributed by atoms with Crippen molar-refractivity contribution < 1.29 is 22.7 Å². The predicted octanol–water partition coefficient (Wildman–Crippen LogP) is 4.25. The molecule has 0 bridgehead atoms. The molecule has 3 rings (SSSR count). The summed E-state index contributed by atoms with van der Waals surface area (Å²) in [5.74, 6) is 0. The van der Waals surface area contributed by atoms with Crippen molar-refractivity contribution in [3.05, 3.63) is 77.9 Å². The van der Waals surface area contributed by atoms with Gasteiger partial charge in [0.1, 0.15) is 19.3 Å². The SMILES string of the molecule is C[C@@H](c1ccc(-n2cncn2)cc1)N(C)C(=O)NCc1ccc(COCC(F)(F)F)cc1. The largest absolute Gasteiger partial charge is 0.411 e. The van der Waals surface area contributed by atoms with E-state index in [1.807, 2.05) is 31.2 Å². The molecule has 3 aromatic rings. The maximum absolute atomic E-state index is 12.6. The molecule has 1 heterocycles. The van der Waals surface area contributed by atoms with Crippen LogP contribution in [0.3, 0.4) is 0 Å². The second-order valence-corrected chi connectivity index (χ2v) is 7.30. The van der Waals surface area contributed by atoms with Gasteiger partial charge in [0.15, 0.2) is 0 Å². The number of ether oxygens (including phenoxy) is 1. The van der Waals surface area contributed by atoms with E-state index < -0.39 is 12.8 Å². The minimum atomic E-state index is -4.34. The Hall–Kier alpha value is -3.40. The highest BCUT2D eigenvalue weighted by Crippen LogP contribution is 2.20. The van der Waals surface area contributed by atoms with Crippen molar-refractivity contribution in [2.75, 3.05) is 13.7 Å². The molecule has 0 saturated heterocycles. The molecule has 0 spiro atoms. The molecule has 0 saturated carbocycles. The first-order chi connectivity index (χ1) is 15.2. The Kier molecular flexibility index (Phi) is 7.47. The van der Waals surface area contributed by atoms with E-state index in [0.717, 1.165) is 16.8 Å². The van der Waals surface area contributed by atoms with E-state index >= 15 is 0 Å². The average molecular weight is 447 g/mol. The highest BCUT2D eigenvalue weighted by molar-refractivity contribution is 5.74. The number of nitrogens with zero attached hydrogens (tertiary/aromatic N) is 4. The number of benzene rings is 2. The minimum Gasteiger partial charge on any atom is -0.367 e. The monoisotopic (exact) mass is 447 g/mol. The molecule has 7 nitrogen and oxygen atoms in total. The second kappa shape index (κ2) is 10.3. The lowest BCUT2D eigenvalue weighted by Gasteiger charge is -2.26. The first kappa shape index (κ1) is 23.3. The van der Waals surface area contributed by atoms with Crippen LogP contribution >= 0.6 is 0 Å². The maximum Gasteiger partial charge on any atom is 0.411 e. The summed E-state index contributed by atoms with van der Waals surface area (Å²) in [6.45, 7) is 0.825. The molecule has 32 heavy (non-hydrogen) atoms. The van der Waals surface area contributed by atoms with E-state index in [-0.39, 0.29) is 18.7 Å². The zero-order valence-electron chi connectivity index (χ0n) is 17.7. The molecule has 0 unspecified atom stereocenters. The van der Waals surface area contributed by atoms with E-state index in [9.17, 15) is 18.0 Å². The highest BCUT2D eigenvalue weighted by Gasteiger charge is 2.27.